The van der Waals surface area contributed by atoms with Crippen molar-refractivity contribution in [1.29, 1.82) is 0 Å². The number of rotatable bonds is 6. The molecule has 0 spiro atoms. The third-order valence-electron chi connectivity index (χ3n) is 2.88. The average Bonchev–Trinajstić information content (AvgIpc) is 2.27. The highest BCUT2D eigenvalue weighted by atomic mass is 32.1. The smallest absolute Gasteiger partial charge is 0.120 e. The van der Waals surface area contributed by atoms with Crippen LogP contribution in [-0.2, 0) is 4.74 Å². The van der Waals surface area contributed by atoms with Crippen LogP contribution in [0.15, 0.2) is 24.3 Å². The Morgan fingerprint density at radius 1 is 1.35 bits per heavy atom. The van der Waals surface area contributed by atoms with Crippen LogP contribution in [0, 0.1) is 0 Å². The zero-order valence-corrected chi connectivity index (χ0v) is 10.5. The highest BCUT2D eigenvalue weighted by Crippen LogP contribution is 2.21. The molecule has 3 nitrogen and oxygen atoms in total. The Balaban J connectivity index is 1.73. The van der Waals surface area contributed by atoms with Crippen LogP contribution in [0.2, 0.25) is 0 Å². The Kier molecular flexibility index (Phi) is 4.34. The summed E-state index contributed by atoms with van der Waals surface area (Å²) in [5.41, 5.74) is 6.38. The number of hydrogen-bond acceptors (Lipinski definition) is 3. The Bertz CT molecular complexity index is 391. The Morgan fingerprint density at radius 3 is 2.82 bits per heavy atom. The maximum Gasteiger partial charge on any atom is 0.120 e. The minimum Gasteiger partial charge on any atom is -0.491 e. The predicted molar refractivity (Wildman–Crippen MR) is 71.4 cm³/mol. The first-order valence-corrected chi connectivity index (χ1v) is 6.31. The summed E-state index contributed by atoms with van der Waals surface area (Å²) in [4.78, 5) is 0.390. The van der Waals surface area contributed by atoms with Gasteiger partial charge in [0.05, 0.1) is 12.7 Å². The van der Waals surface area contributed by atoms with E-state index in [2.05, 4.69) is 0 Å². The second kappa shape index (κ2) is 5.98. The van der Waals surface area contributed by atoms with Crippen LogP contribution in [0.4, 0.5) is 0 Å². The van der Waals surface area contributed by atoms with Crippen LogP contribution in [-0.4, -0.2) is 24.3 Å². The fourth-order valence-electron chi connectivity index (χ4n) is 1.65. The van der Waals surface area contributed by atoms with Crippen molar-refractivity contribution in [2.24, 2.45) is 5.73 Å². The van der Waals surface area contributed by atoms with Crippen LogP contribution in [0.3, 0.4) is 0 Å². The minimum absolute atomic E-state index is 0.390. The topological polar surface area (TPSA) is 44.5 Å². The van der Waals surface area contributed by atoms with E-state index in [0.29, 0.717) is 24.3 Å². The van der Waals surface area contributed by atoms with Crippen molar-refractivity contribution in [3.63, 3.8) is 0 Å². The summed E-state index contributed by atoms with van der Waals surface area (Å²) >= 11 is 4.91. The van der Waals surface area contributed by atoms with Crippen molar-refractivity contribution in [1.82, 2.24) is 0 Å². The molecule has 0 bridgehead atoms. The lowest BCUT2D eigenvalue weighted by atomic mass is 9.96. The summed E-state index contributed by atoms with van der Waals surface area (Å²) in [7, 11) is 0. The quantitative estimate of drug-likeness (QED) is 0.622. The molecule has 1 fully saturated rings. The molecule has 1 aliphatic carbocycles. The standard InChI is InChI=1S/C13H17NO2S/c14-13(17)10-3-1-6-12(9-10)16-8-7-15-11-4-2-5-11/h1,3,6,9,11H,2,4-5,7-8H2,(H2,14,17). The van der Waals surface area contributed by atoms with E-state index in [1.807, 2.05) is 24.3 Å². The van der Waals surface area contributed by atoms with Gasteiger partial charge in [-0.1, -0.05) is 24.4 Å². The first-order chi connectivity index (χ1) is 8.25. The molecule has 2 N–H and O–H groups in total. The summed E-state index contributed by atoms with van der Waals surface area (Å²) < 4.78 is 11.2. The van der Waals surface area contributed by atoms with E-state index in [1.54, 1.807) is 0 Å². The van der Waals surface area contributed by atoms with Crippen LogP contribution < -0.4 is 10.5 Å². The third-order valence-corrected chi connectivity index (χ3v) is 3.11. The van der Waals surface area contributed by atoms with Gasteiger partial charge in [0.15, 0.2) is 0 Å². The van der Waals surface area contributed by atoms with E-state index in [1.165, 1.54) is 19.3 Å². The zero-order chi connectivity index (χ0) is 12.1. The second-order valence-corrected chi connectivity index (χ2v) is 4.60. The van der Waals surface area contributed by atoms with Crippen LogP contribution in [0.1, 0.15) is 24.8 Å². The molecule has 0 aromatic heterocycles. The van der Waals surface area contributed by atoms with Gasteiger partial charge < -0.3 is 15.2 Å². The fraction of sp³-hybridized carbons (Fsp3) is 0.462. The first-order valence-electron chi connectivity index (χ1n) is 5.90. The molecule has 92 valence electrons. The highest BCUT2D eigenvalue weighted by Gasteiger charge is 2.17. The lowest BCUT2D eigenvalue weighted by Crippen LogP contribution is -2.23. The molecule has 0 atom stereocenters. The normalized spacial score (nSPS) is 15.3. The molecule has 1 aromatic rings. The van der Waals surface area contributed by atoms with E-state index in [0.717, 1.165) is 11.3 Å². The van der Waals surface area contributed by atoms with Crippen molar-refractivity contribution < 1.29 is 9.47 Å². The monoisotopic (exact) mass is 251 g/mol. The van der Waals surface area contributed by atoms with Gasteiger partial charge in [0.25, 0.3) is 0 Å². The Hall–Kier alpha value is -1.13. The highest BCUT2D eigenvalue weighted by molar-refractivity contribution is 7.80. The summed E-state index contributed by atoms with van der Waals surface area (Å²) in [6.07, 6.45) is 4.14. The SMILES string of the molecule is NC(=S)c1cccc(OCCOC2CCC2)c1. The Morgan fingerprint density at radius 2 is 2.18 bits per heavy atom. The van der Waals surface area contributed by atoms with E-state index >= 15 is 0 Å². The number of nitrogens with two attached hydrogens (primary N) is 1. The van der Waals surface area contributed by atoms with Crippen molar-refractivity contribution in [3.05, 3.63) is 29.8 Å². The van der Waals surface area contributed by atoms with Crippen molar-refractivity contribution in [2.75, 3.05) is 13.2 Å². The van der Waals surface area contributed by atoms with E-state index in [-0.39, 0.29) is 0 Å². The molecule has 0 amide bonds. The van der Waals surface area contributed by atoms with Crippen molar-refractivity contribution >= 4 is 17.2 Å². The minimum atomic E-state index is 0.390. The second-order valence-electron chi connectivity index (χ2n) is 4.16. The van der Waals surface area contributed by atoms with Gasteiger partial charge in [-0.05, 0) is 31.4 Å². The van der Waals surface area contributed by atoms with Crippen LogP contribution >= 0.6 is 12.2 Å². The van der Waals surface area contributed by atoms with Gasteiger partial charge in [0.1, 0.15) is 17.3 Å². The molecule has 2 rings (SSSR count). The summed E-state index contributed by atoms with van der Waals surface area (Å²) in [6, 6.07) is 7.51. The van der Waals surface area contributed by atoms with Crippen LogP contribution in [0.5, 0.6) is 5.75 Å². The molecule has 0 unspecified atom stereocenters. The maximum absolute atomic E-state index is 5.60. The molecule has 17 heavy (non-hydrogen) atoms. The van der Waals surface area contributed by atoms with E-state index < -0.39 is 0 Å². The average molecular weight is 251 g/mol. The molecule has 0 aliphatic heterocycles. The molecule has 1 saturated carbocycles. The zero-order valence-electron chi connectivity index (χ0n) is 9.72. The van der Waals surface area contributed by atoms with Gasteiger partial charge in [-0.25, -0.2) is 0 Å². The number of thiocarbonyl (C=S) groups is 1. The lowest BCUT2D eigenvalue weighted by molar-refractivity contribution is -0.0103. The van der Waals surface area contributed by atoms with Crippen molar-refractivity contribution in [2.45, 2.75) is 25.4 Å². The molecule has 0 radical (unpaired) electrons. The van der Waals surface area contributed by atoms with Gasteiger partial charge in [-0.2, -0.15) is 0 Å². The number of ether oxygens (including phenoxy) is 2. The van der Waals surface area contributed by atoms with E-state index in [4.69, 9.17) is 27.4 Å². The van der Waals surface area contributed by atoms with E-state index in [9.17, 15) is 0 Å². The molecule has 0 heterocycles. The first kappa shape index (κ1) is 12.3. The van der Waals surface area contributed by atoms with Gasteiger partial charge in [-0.15, -0.1) is 0 Å². The predicted octanol–water partition coefficient (Wildman–Crippen LogP) is 2.27. The van der Waals surface area contributed by atoms with Gasteiger partial charge in [0.2, 0.25) is 0 Å². The van der Waals surface area contributed by atoms with Gasteiger partial charge >= 0.3 is 0 Å². The third kappa shape index (κ3) is 3.68. The molecule has 0 saturated heterocycles. The van der Waals surface area contributed by atoms with Gasteiger partial charge in [-0.3, -0.25) is 0 Å². The summed E-state index contributed by atoms with van der Waals surface area (Å²) in [5, 5.41) is 0. The molecule has 4 heteroatoms. The van der Waals surface area contributed by atoms with Gasteiger partial charge in [0, 0.05) is 5.56 Å². The fourth-order valence-corrected chi connectivity index (χ4v) is 1.78. The lowest BCUT2D eigenvalue weighted by Gasteiger charge is -2.25. The maximum atomic E-state index is 5.60. The molecule has 1 aromatic carbocycles. The van der Waals surface area contributed by atoms with Crippen molar-refractivity contribution in [3.8, 4) is 5.75 Å². The summed E-state index contributed by atoms with van der Waals surface area (Å²) in [6.45, 7) is 1.21. The molecule has 1 aliphatic rings. The Labute approximate surface area is 107 Å². The molecular formula is C13H17NO2S. The summed E-state index contributed by atoms with van der Waals surface area (Å²) in [5.74, 6) is 0.785. The number of benzene rings is 1. The van der Waals surface area contributed by atoms with Crippen LogP contribution in [0.25, 0.3) is 0 Å². The molecular weight excluding hydrogens is 234 g/mol. The largest absolute Gasteiger partial charge is 0.491 e. The number of hydrogen-bond donors (Lipinski definition) is 1.